The second kappa shape index (κ2) is 6.44. The summed E-state index contributed by atoms with van der Waals surface area (Å²) in [6.07, 6.45) is 0. The Morgan fingerprint density at radius 3 is 2.04 bits per heavy atom. The number of carbonyl (C=O) groups excluding carboxylic acids is 4. The quantitative estimate of drug-likeness (QED) is 0.525. The molecule has 0 radical (unpaired) electrons. The van der Waals surface area contributed by atoms with Gasteiger partial charge in [-0.1, -0.05) is 24.3 Å². The van der Waals surface area contributed by atoms with Crippen molar-refractivity contribution >= 4 is 23.5 Å². The number of fused-ring (bicyclic) bond motifs is 2. The maximum atomic E-state index is 12.9. The molecule has 0 saturated carbocycles. The molecule has 0 atom stereocenters. The molecule has 0 N–H and O–H groups in total. The number of carbonyl (C=O) groups is 4. The number of rotatable bonds is 3. The Kier molecular flexibility index (Phi) is 4.29. The first kappa shape index (κ1) is 17.3. The summed E-state index contributed by atoms with van der Waals surface area (Å²) in [7, 11) is 2.40. The highest BCUT2D eigenvalue weighted by molar-refractivity contribution is 6.30. The molecule has 0 aliphatic heterocycles. The first-order chi connectivity index (χ1) is 12.4. The van der Waals surface area contributed by atoms with Gasteiger partial charge in [0.25, 0.3) is 0 Å². The lowest BCUT2D eigenvalue weighted by Crippen LogP contribution is -2.24. The van der Waals surface area contributed by atoms with Crippen LogP contribution in [0.4, 0.5) is 0 Å². The number of benzene rings is 2. The molecular formula is C19H14O7. The molecule has 0 amide bonds. The molecule has 26 heavy (non-hydrogen) atoms. The molecule has 2 aromatic carbocycles. The lowest BCUT2D eigenvalue weighted by Gasteiger charge is -2.22. The normalized spacial score (nSPS) is 12.1. The van der Waals surface area contributed by atoms with Gasteiger partial charge in [-0.25, -0.2) is 4.79 Å². The summed E-state index contributed by atoms with van der Waals surface area (Å²) < 4.78 is 15.1. The van der Waals surface area contributed by atoms with Crippen LogP contribution < -0.4 is 9.47 Å². The molecule has 0 saturated heterocycles. The van der Waals surface area contributed by atoms with E-state index in [0.717, 1.165) is 14.0 Å². The number of esters is 2. The molecule has 0 spiro atoms. The largest absolute Gasteiger partial charge is 0.492 e. The maximum absolute atomic E-state index is 12.9. The Morgan fingerprint density at radius 1 is 0.885 bits per heavy atom. The minimum atomic E-state index is -0.832. The highest BCUT2D eigenvalue weighted by Gasteiger charge is 2.37. The van der Waals surface area contributed by atoms with Crippen LogP contribution in [0.15, 0.2) is 30.3 Å². The van der Waals surface area contributed by atoms with E-state index < -0.39 is 23.5 Å². The fourth-order valence-corrected chi connectivity index (χ4v) is 2.90. The first-order valence-electron chi connectivity index (χ1n) is 7.60. The van der Waals surface area contributed by atoms with E-state index in [9.17, 15) is 19.2 Å². The minimum absolute atomic E-state index is 0.0122. The van der Waals surface area contributed by atoms with Gasteiger partial charge in [-0.3, -0.25) is 14.4 Å². The topological polar surface area (TPSA) is 96.0 Å². The van der Waals surface area contributed by atoms with Crippen LogP contribution in [0.25, 0.3) is 0 Å². The van der Waals surface area contributed by atoms with Crippen LogP contribution >= 0.6 is 0 Å². The Bertz CT molecular complexity index is 972. The lowest BCUT2D eigenvalue weighted by atomic mass is 9.82. The van der Waals surface area contributed by atoms with Crippen LogP contribution in [-0.2, 0) is 9.53 Å². The third-order valence-electron chi connectivity index (χ3n) is 3.98. The predicted molar refractivity (Wildman–Crippen MR) is 88.9 cm³/mol. The average Bonchev–Trinajstić information content (AvgIpc) is 2.64. The smallest absolute Gasteiger partial charge is 0.341 e. The predicted octanol–water partition coefficient (Wildman–Crippen LogP) is 2.18. The Morgan fingerprint density at radius 2 is 1.50 bits per heavy atom. The zero-order valence-corrected chi connectivity index (χ0v) is 14.2. The standard InChI is InChI=1S/C19H14O7/c1-9(20)26-17-13(19(23)25-3)8-12-14(18(17)24-2)16(22)11-7-5-4-6-10(11)15(12)21/h4-8H,1-3H3. The first-order valence-corrected chi connectivity index (χ1v) is 7.60. The van der Waals surface area contributed by atoms with Crippen molar-refractivity contribution in [1.29, 1.82) is 0 Å². The Hall–Kier alpha value is -3.48. The number of methoxy groups -OCH3 is 2. The van der Waals surface area contributed by atoms with Crippen molar-refractivity contribution in [1.82, 2.24) is 0 Å². The molecule has 2 aromatic rings. The van der Waals surface area contributed by atoms with Crippen LogP contribution in [0, 0.1) is 0 Å². The fraction of sp³-hybridized carbons (Fsp3) is 0.158. The summed E-state index contributed by atoms with van der Waals surface area (Å²) in [5.74, 6) is -2.87. The molecular weight excluding hydrogens is 340 g/mol. The van der Waals surface area contributed by atoms with Crippen molar-refractivity contribution in [3.8, 4) is 11.5 Å². The van der Waals surface area contributed by atoms with Crippen LogP contribution in [0.2, 0.25) is 0 Å². The Balaban J connectivity index is 2.38. The van der Waals surface area contributed by atoms with E-state index in [1.807, 2.05) is 0 Å². The molecule has 0 fully saturated rings. The van der Waals surface area contributed by atoms with Crippen LogP contribution in [0.1, 0.15) is 49.1 Å². The molecule has 1 aliphatic carbocycles. The SMILES string of the molecule is COC(=O)c1cc2c(c(OC)c1OC(C)=O)C(=O)c1ccccc1C2=O. The number of hydrogen-bond acceptors (Lipinski definition) is 7. The third kappa shape index (κ3) is 2.54. The molecule has 0 unspecified atom stereocenters. The monoisotopic (exact) mass is 354 g/mol. The van der Waals surface area contributed by atoms with Crippen molar-refractivity contribution in [2.45, 2.75) is 6.92 Å². The van der Waals surface area contributed by atoms with Gasteiger partial charge in [0.2, 0.25) is 0 Å². The summed E-state index contributed by atoms with van der Waals surface area (Å²) in [5.41, 5.74) is 0.187. The van der Waals surface area contributed by atoms with Crippen molar-refractivity contribution in [2.24, 2.45) is 0 Å². The van der Waals surface area contributed by atoms with Crippen molar-refractivity contribution in [3.05, 3.63) is 58.1 Å². The minimum Gasteiger partial charge on any atom is -0.492 e. The van der Waals surface area contributed by atoms with Gasteiger partial charge in [0, 0.05) is 23.6 Å². The molecule has 7 nitrogen and oxygen atoms in total. The van der Waals surface area contributed by atoms with Gasteiger partial charge in [-0.2, -0.15) is 0 Å². The van der Waals surface area contributed by atoms with E-state index in [0.29, 0.717) is 0 Å². The highest BCUT2D eigenvalue weighted by atomic mass is 16.6. The molecule has 0 heterocycles. The van der Waals surface area contributed by atoms with E-state index in [1.54, 1.807) is 12.1 Å². The van der Waals surface area contributed by atoms with Crippen molar-refractivity contribution < 1.29 is 33.4 Å². The summed E-state index contributed by atoms with van der Waals surface area (Å²) in [6.45, 7) is 1.14. The molecule has 0 aromatic heterocycles. The van der Waals surface area contributed by atoms with Crippen LogP contribution in [0.3, 0.4) is 0 Å². The van der Waals surface area contributed by atoms with E-state index in [2.05, 4.69) is 0 Å². The van der Waals surface area contributed by atoms with Gasteiger partial charge in [0.05, 0.1) is 19.8 Å². The summed E-state index contributed by atoms with van der Waals surface area (Å²) >= 11 is 0. The number of ketones is 2. The second-order valence-corrected chi connectivity index (χ2v) is 5.50. The van der Waals surface area contributed by atoms with Crippen molar-refractivity contribution in [2.75, 3.05) is 14.2 Å². The number of ether oxygens (including phenoxy) is 3. The average molecular weight is 354 g/mol. The molecule has 7 heteroatoms. The van der Waals surface area contributed by atoms with Gasteiger partial charge in [-0.15, -0.1) is 0 Å². The van der Waals surface area contributed by atoms with E-state index in [4.69, 9.17) is 14.2 Å². The lowest BCUT2D eigenvalue weighted by molar-refractivity contribution is -0.132. The van der Waals surface area contributed by atoms with Gasteiger partial charge in [-0.05, 0) is 6.07 Å². The zero-order chi connectivity index (χ0) is 19.0. The van der Waals surface area contributed by atoms with Crippen LogP contribution in [0.5, 0.6) is 11.5 Å². The highest BCUT2D eigenvalue weighted by Crippen LogP contribution is 2.42. The Labute approximate surface area is 148 Å². The summed E-state index contributed by atoms with van der Waals surface area (Å²) in [6, 6.07) is 7.52. The zero-order valence-electron chi connectivity index (χ0n) is 14.2. The van der Waals surface area contributed by atoms with E-state index >= 15 is 0 Å². The summed E-state index contributed by atoms with van der Waals surface area (Å²) in [5, 5.41) is 0. The van der Waals surface area contributed by atoms with Gasteiger partial charge in [0.1, 0.15) is 5.56 Å². The molecule has 132 valence electrons. The van der Waals surface area contributed by atoms with Gasteiger partial charge in [0.15, 0.2) is 23.1 Å². The van der Waals surface area contributed by atoms with Gasteiger partial charge >= 0.3 is 11.9 Å². The molecule has 0 bridgehead atoms. The third-order valence-corrected chi connectivity index (χ3v) is 3.98. The second-order valence-electron chi connectivity index (χ2n) is 5.50. The van der Waals surface area contributed by atoms with Crippen LogP contribution in [-0.4, -0.2) is 37.7 Å². The van der Waals surface area contributed by atoms with E-state index in [1.165, 1.54) is 25.3 Å². The fourth-order valence-electron chi connectivity index (χ4n) is 2.90. The number of hydrogen-bond donors (Lipinski definition) is 0. The summed E-state index contributed by atoms with van der Waals surface area (Å²) in [4.78, 5) is 49.4. The van der Waals surface area contributed by atoms with E-state index in [-0.39, 0.29) is 39.3 Å². The molecule has 3 rings (SSSR count). The molecule has 1 aliphatic rings. The van der Waals surface area contributed by atoms with Gasteiger partial charge < -0.3 is 14.2 Å². The van der Waals surface area contributed by atoms with Crippen molar-refractivity contribution in [3.63, 3.8) is 0 Å². The maximum Gasteiger partial charge on any atom is 0.341 e.